The van der Waals surface area contributed by atoms with E-state index in [1.807, 2.05) is 17.0 Å². The number of nitrogens with zero attached hydrogens (tertiary/aromatic N) is 1. The number of hydrogen-bond acceptors (Lipinski definition) is 5. The van der Waals surface area contributed by atoms with Crippen LogP contribution in [0.25, 0.3) is 11.1 Å². The summed E-state index contributed by atoms with van der Waals surface area (Å²) in [5.41, 5.74) is 9.32. The summed E-state index contributed by atoms with van der Waals surface area (Å²) in [5, 5.41) is 16.2. The summed E-state index contributed by atoms with van der Waals surface area (Å²) >= 11 is 0. The van der Waals surface area contributed by atoms with Gasteiger partial charge in [0.15, 0.2) is 0 Å². The number of aromatic hydroxyl groups is 1. The fraction of sp³-hybridized carbons (Fsp3) is 0.167. The highest BCUT2D eigenvalue weighted by atomic mass is 16.3. The highest BCUT2D eigenvalue weighted by molar-refractivity contribution is 6.05. The number of piperazine rings is 1. The molecule has 0 saturated carbocycles. The average molecular weight is 416 g/mol. The molecule has 0 radical (unpaired) electrons. The molecule has 1 aliphatic rings. The molecule has 7 nitrogen and oxygen atoms in total. The first kappa shape index (κ1) is 20.4. The van der Waals surface area contributed by atoms with Crippen molar-refractivity contribution in [3.8, 4) is 16.9 Å². The Morgan fingerprint density at radius 3 is 2.23 bits per heavy atom. The number of phenolic OH excluding ortho intramolecular Hbond substituents is 1. The maximum absolute atomic E-state index is 12.6. The molecular formula is C24H24N4O3. The SMILES string of the molecule is Nc1ccc(NC(=O)c2cc(O)cc(-c3ccc(C(=O)N4CCNCC4)cc3)c2)cc1. The number of nitrogen functional groups attached to an aromatic ring is 1. The largest absolute Gasteiger partial charge is 0.508 e. The highest BCUT2D eigenvalue weighted by Crippen LogP contribution is 2.27. The molecule has 0 bridgehead atoms. The van der Waals surface area contributed by atoms with Crippen LogP contribution in [0.3, 0.4) is 0 Å². The topological polar surface area (TPSA) is 108 Å². The Morgan fingerprint density at radius 2 is 1.55 bits per heavy atom. The second-order valence-corrected chi connectivity index (χ2v) is 7.46. The van der Waals surface area contributed by atoms with E-state index in [1.165, 1.54) is 6.07 Å². The summed E-state index contributed by atoms with van der Waals surface area (Å²) in [7, 11) is 0. The molecule has 0 unspecified atom stereocenters. The van der Waals surface area contributed by atoms with Crippen molar-refractivity contribution in [1.82, 2.24) is 10.2 Å². The minimum Gasteiger partial charge on any atom is -0.508 e. The predicted molar refractivity (Wildman–Crippen MR) is 121 cm³/mol. The molecule has 4 rings (SSSR count). The van der Waals surface area contributed by atoms with Crippen molar-refractivity contribution < 1.29 is 14.7 Å². The Kier molecular flexibility index (Phi) is 5.86. The number of amides is 2. The van der Waals surface area contributed by atoms with Gasteiger partial charge in [0.2, 0.25) is 0 Å². The molecule has 1 fully saturated rings. The van der Waals surface area contributed by atoms with Crippen LogP contribution >= 0.6 is 0 Å². The summed E-state index contributed by atoms with van der Waals surface area (Å²) in [6.45, 7) is 2.99. The lowest BCUT2D eigenvalue weighted by molar-refractivity contribution is 0.0735. The van der Waals surface area contributed by atoms with E-state index < -0.39 is 0 Å². The van der Waals surface area contributed by atoms with E-state index in [0.717, 1.165) is 18.7 Å². The fourth-order valence-corrected chi connectivity index (χ4v) is 3.53. The molecule has 3 aromatic carbocycles. The molecule has 158 valence electrons. The smallest absolute Gasteiger partial charge is 0.255 e. The summed E-state index contributed by atoms with van der Waals surface area (Å²) < 4.78 is 0. The summed E-state index contributed by atoms with van der Waals surface area (Å²) in [6, 6.07) is 18.7. The van der Waals surface area contributed by atoms with E-state index in [-0.39, 0.29) is 17.6 Å². The molecule has 5 N–H and O–H groups in total. The van der Waals surface area contributed by atoms with Crippen LogP contribution in [-0.2, 0) is 0 Å². The zero-order chi connectivity index (χ0) is 21.8. The Bertz CT molecular complexity index is 1090. The predicted octanol–water partition coefficient (Wildman–Crippen LogP) is 2.94. The van der Waals surface area contributed by atoms with Crippen LogP contribution in [0, 0.1) is 0 Å². The second kappa shape index (κ2) is 8.89. The summed E-state index contributed by atoms with van der Waals surface area (Å²) in [5.74, 6) is -0.346. The molecule has 0 aromatic heterocycles. The first-order chi connectivity index (χ1) is 15.0. The van der Waals surface area contributed by atoms with Gasteiger partial charge in [0.25, 0.3) is 11.8 Å². The first-order valence-electron chi connectivity index (χ1n) is 10.1. The minimum atomic E-state index is -0.340. The summed E-state index contributed by atoms with van der Waals surface area (Å²) in [4.78, 5) is 27.1. The molecule has 1 saturated heterocycles. The number of hydrogen-bond donors (Lipinski definition) is 4. The van der Waals surface area contributed by atoms with Gasteiger partial charge in [-0.2, -0.15) is 0 Å². The maximum Gasteiger partial charge on any atom is 0.255 e. The van der Waals surface area contributed by atoms with Crippen LogP contribution in [0.1, 0.15) is 20.7 Å². The zero-order valence-corrected chi connectivity index (χ0v) is 17.0. The van der Waals surface area contributed by atoms with Gasteiger partial charge in [-0.3, -0.25) is 9.59 Å². The number of phenols is 1. The van der Waals surface area contributed by atoms with Gasteiger partial charge in [-0.25, -0.2) is 0 Å². The van der Waals surface area contributed by atoms with Gasteiger partial charge in [0, 0.05) is 48.7 Å². The monoisotopic (exact) mass is 416 g/mol. The van der Waals surface area contributed by atoms with E-state index in [0.29, 0.717) is 41.2 Å². The number of benzene rings is 3. The molecule has 31 heavy (non-hydrogen) atoms. The van der Waals surface area contributed by atoms with Crippen molar-refractivity contribution >= 4 is 23.2 Å². The van der Waals surface area contributed by atoms with Gasteiger partial charge < -0.3 is 26.4 Å². The quantitative estimate of drug-likeness (QED) is 0.489. The van der Waals surface area contributed by atoms with Crippen molar-refractivity contribution in [2.24, 2.45) is 0 Å². The number of carbonyl (C=O) groups is 2. The number of anilines is 2. The molecule has 1 heterocycles. The van der Waals surface area contributed by atoms with Crippen LogP contribution in [-0.4, -0.2) is 48.0 Å². The van der Waals surface area contributed by atoms with E-state index in [4.69, 9.17) is 5.73 Å². The van der Waals surface area contributed by atoms with Crippen molar-refractivity contribution in [2.75, 3.05) is 37.2 Å². The fourth-order valence-electron chi connectivity index (χ4n) is 3.53. The molecule has 0 atom stereocenters. The van der Waals surface area contributed by atoms with Crippen LogP contribution in [0.5, 0.6) is 5.75 Å². The van der Waals surface area contributed by atoms with Crippen LogP contribution in [0.2, 0.25) is 0 Å². The lowest BCUT2D eigenvalue weighted by atomic mass is 10.0. The van der Waals surface area contributed by atoms with Crippen molar-refractivity contribution in [2.45, 2.75) is 0 Å². The number of nitrogens with two attached hydrogens (primary N) is 1. The molecule has 1 aliphatic heterocycles. The van der Waals surface area contributed by atoms with Gasteiger partial charge in [-0.05, 0) is 65.7 Å². The lowest BCUT2D eigenvalue weighted by Crippen LogP contribution is -2.46. The van der Waals surface area contributed by atoms with Gasteiger partial charge in [-0.1, -0.05) is 12.1 Å². The van der Waals surface area contributed by atoms with Crippen molar-refractivity contribution in [3.63, 3.8) is 0 Å². The normalized spacial score (nSPS) is 13.6. The standard InChI is InChI=1S/C24H24N4O3/c25-20-5-7-21(8-6-20)27-23(30)19-13-18(14-22(29)15-19)16-1-3-17(4-2-16)24(31)28-11-9-26-10-12-28/h1-8,13-15,26,29H,9-12,25H2,(H,27,30). The van der Waals surface area contributed by atoms with E-state index in [9.17, 15) is 14.7 Å². The maximum atomic E-state index is 12.6. The lowest BCUT2D eigenvalue weighted by Gasteiger charge is -2.27. The van der Waals surface area contributed by atoms with Gasteiger partial charge in [-0.15, -0.1) is 0 Å². The van der Waals surface area contributed by atoms with E-state index in [2.05, 4.69) is 10.6 Å². The van der Waals surface area contributed by atoms with Crippen LogP contribution in [0.4, 0.5) is 11.4 Å². The molecular weight excluding hydrogens is 392 g/mol. The Morgan fingerprint density at radius 1 is 0.871 bits per heavy atom. The second-order valence-electron chi connectivity index (χ2n) is 7.46. The highest BCUT2D eigenvalue weighted by Gasteiger charge is 2.18. The summed E-state index contributed by atoms with van der Waals surface area (Å²) in [6.07, 6.45) is 0. The Hall–Kier alpha value is -3.84. The van der Waals surface area contributed by atoms with E-state index >= 15 is 0 Å². The van der Waals surface area contributed by atoms with Gasteiger partial charge >= 0.3 is 0 Å². The molecule has 3 aromatic rings. The molecule has 0 aliphatic carbocycles. The minimum absolute atomic E-state index is 0.00697. The molecule has 2 amide bonds. The number of rotatable bonds is 4. The third kappa shape index (κ3) is 4.84. The molecule has 0 spiro atoms. The molecule has 7 heteroatoms. The Balaban J connectivity index is 1.52. The van der Waals surface area contributed by atoms with E-state index in [1.54, 1.807) is 48.5 Å². The average Bonchev–Trinajstić information content (AvgIpc) is 2.80. The Labute approximate surface area is 180 Å². The van der Waals surface area contributed by atoms with Gasteiger partial charge in [0.05, 0.1) is 0 Å². The first-order valence-corrected chi connectivity index (χ1v) is 10.1. The van der Waals surface area contributed by atoms with Crippen molar-refractivity contribution in [3.05, 3.63) is 77.9 Å². The van der Waals surface area contributed by atoms with Crippen LogP contribution < -0.4 is 16.4 Å². The third-order valence-corrected chi connectivity index (χ3v) is 5.22. The zero-order valence-electron chi connectivity index (χ0n) is 17.0. The third-order valence-electron chi connectivity index (χ3n) is 5.22. The number of carbonyl (C=O) groups excluding carboxylic acids is 2. The van der Waals surface area contributed by atoms with Crippen molar-refractivity contribution in [1.29, 1.82) is 0 Å². The van der Waals surface area contributed by atoms with Gasteiger partial charge in [0.1, 0.15) is 5.75 Å². The number of nitrogens with one attached hydrogen (secondary N) is 2. The van der Waals surface area contributed by atoms with Crippen LogP contribution in [0.15, 0.2) is 66.7 Å².